The molecule has 8 heteroatoms. The van der Waals surface area contributed by atoms with Gasteiger partial charge in [-0.05, 0) is 73.4 Å². The summed E-state index contributed by atoms with van der Waals surface area (Å²) in [6.45, 7) is 6.52. The highest BCUT2D eigenvalue weighted by atomic mass is 32.2. The van der Waals surface area contributed by atoms with Crippen LogP contribution in [0.25, 0.3) is 0 Å². The molecule has 0 spiro atoms. The van der Waals surface area contributed by atoms with E-state index in [1.54, 1.807) is 6.26 Å². The maximum absolute atomic E-state index is 11.5. The van der Waals surface area contributed by atoms with E-state index >= 15 is 0 Å². The molecule has 2 saturated heterocycles. The van der Waals surface area contributed by atoms with Crippen LogP contribution in [0, 0.1) is 11.8 Å². The molecule has 0 aliphatic carbocycles. The maximum atomic E-state index is 11.5. The van der Waals surface area contributed by atoms with E-state index in [0.717, 1.165) is 80.9 Å². The lowest BCUT2D eigenvalue weighted by Crippen LogP contribution is -2.36. The fourth-order valence-corrected chi connectivity index (χ4v) is 4.98. The van der Waals surface area contributed by atoms with Crippen LogP contribution in [0.3, 0.4) is 0 Å². The Kier molecular flexibility index (Phi) is 7.61. The molecular formula is C23H33N3O4S. The topological polar surface area (TPSA) is 77.7 Å². The third-order valence-electron chi connectivity index (χ3n) is 6.63. The van der Waals surface area contributed by atoms with E-state index < -0.39 is 10.8 Å². The second kappa shape index (κ2) is 10.6. The minimum absolute atomic E-state index is 0.341. The zero-order valence-electron chi connectivity index (χ0n) is 18.5. The first-order chi connectivity index (χ1) is 15.1. The van der Waals surface area contributed by atoms with E-state index in [-0.39, 0.29) is 0 Å². The third kappa shape index (κ3) is 5.86. The van der Waals surface area contributed by atoms with Crippen LogP contribution in [0.4, 0.5) is 5.95 Å². The lowest BCUT2D eigenvalue weighted by molar-refractivity contribution is 0.0778. The molecule has 2 aliphatic rings. The van der Waals surface area contributed by atoms with Gasteiger partial charge in [0.2, 0.25) is 5.89 Å². The van der Waals surface area contributed by atoms with Crippen molar-refractivity contribution in [1.82, 2.24) is 10.1 Å². The molecule has 0 saturated carbocycles. The van der Waals surface area contributed by atoms with Crippen LogP contribution in [0.5, 0.6) is 5.75 Å². The number of hydrogen-bond donors (Lipinski definition) is 0. The van der Waals surface area contributed by atoms with E-state index in [2.05, 4.69) is 22.0 Å². The second-order valence-electron chi connectivity index (χ2n) is 8.68. The smallest absolute Gasteiger partial charge is 0.266 e. The molecule has 0 radical (unpaired) electrons. The lowest BCUT2D eigenvalue weighted by Gasteiger charge is -2.34. The van der Waals surface area contributed by atoms with Crippen molar-refractivity contribution in [3.05, 3.63) is 30.2 Å². The van der Waals surface area contributed by atoms with Gasteiger partial charge in [-0.3, -0.25) is 4.21 Å². The number of aromatic nitrogens is 2. The summed E-state index contributed by atoms with van der Waals surface area (Å²) in [4.78, 5) is 7.76. The molecule has 2 unspecified atom stereocenters. The number of anilines is 1. The zero-order valence-corrected chi connectivity index (χ0v) is 19.3. The fourth-order valence-electron chi connectivity index (χ4n) is 4.46. The summed E-state index contributed by atoms with van der Waals surface area (Å²) in [5, 5.41) is 4.25. The Labute approximate surface area is 186 Å². The molecule has 31 heavy (non-hydrogen) atoms. The van der Waals surface area contributed by atoms with Crippen LogP contribution in [0.2, 0.25) is 0 Å². The first-order valence-corrected chi connectivity index (χ1v) is 12.9. The number of benzene rings is 1. The van der Waals surface area contributed by atoms with Crippen molar-refractivity contribution in [1.29, 1.82) is 0 Å². The summed E-state index contributed by atoms with van der Waals surface area (Å²) in [6.07, 6.45) is 6.92. The molecule has 1 aromatic heterocycles. The molecule has 1 aromatic carbocycles. The van der Waals surface area contributed by atoms with E-state index in [1.165, 1.54) is 0 Å². The summed E-state index contributed by atoms with van der Waals surface area (Å²) < 4.78 is 28.4. The van der Waals surface area contributed by atoms with Crippen LogP contribution >= 0.6 is 0 Å². The van der Waals surface area contributed by atoms with Crippen molar-refractivity contribution in [2.24, 2.45) is 11.8 Å². The van der Waals surface area contributed by atoms with Gasteiger partial charge in [-0.15, -0.1) is 0 Å². The Balaban J connectivity index is 1.19. The number of hydrogen-bond acceptors (Lipinski definition) is 7. The van der Waals surface area contributed by atoms with Gasteiger partial charge in [0.1, 0.15) is 5.75 Å². The van der Waals surface area contributed by atoms with Crippen LogP contribution in [-0.4, -0.2) is 53.5 Å². The van der Waals surface area contributed by atoms with Gasteiger partial charge in [-0.25, -0.2) is 0 Å². The van der Waals surface area contributed by atoms with Crippen LogP contribution in [0.1, 0.15) is 50.8 Å². The van der Waals surface area contributed by atoms with Crippen molar-refractivity contribution in [2.45, 2.75) is 49.8 Å². The molecule has 7 nitrogen and oxygen atoms in total. The van der Waals surface area contributed by atoms with Crippen molar-refractivity contribution in [3.63, 3.8) is 0 Å². The summed E-state index contributed by atoms with van der Waals surface area (Å²) in [5.74, 6) is 3.98. The fraction of sp³-hybridized carbons (Fsp3) is 0.652. The molecule has 3 heterocycles. The zero-order chi connectivity index (χ0) is 21.6. The maximum Gasteiger partial charge on any atom is 0.266 e. The van der Waals surface area contributed by atoms with Crippen molar-refractivity contribution in [3.8, 4) is 5.75 Å². The minimum atomic E-state index is -0.950. The molecule has 2 fully saturated rings. The first kappa shape index (κ1) is 22.3. The summed E-state index contributed by atoms with van der Waals surface area (Å²) >= 11 is 0. The second-order valence-corrected chi connectivity index (χ2v) is 10.1. The third-order valence-corrected chi connectivity index (χ3v) is 7.56. The van der Waals surface area contributed by atoms with E-state index in [1.807, 2.05) is 24.3 Å². The van der Waals surface area contributed by atoms with Crippen molar-refractivity contribution < 1.29 is 18.2 Å². The molecule has 170 valence electrons. The van der Waals surface area contributed by atoms with Crippen LogP contribution in [-0.2, 0) is 15.5 Å². The Morgan fingerprint density at radius 1 is 1.16 bits per heavy atom. The first-order valence-electron chi connectivity index (χ1n) is 11.3. The Morgan fingerprint density at radius 3 is 2.55 bits per heavy atom. The highest BCUT2D eigenvalue weighted by Crippen LogP contribution is 2.31. The quantitative estimate of drug-likeness (QED) is 0.605. The molecule has 0 bridgehead atoms. The average Bonchev–Trinajstić information content (AvgIpc) is 3.30. The lowest BCUT2D eigenvalue weighted by atomic mass is 9.84. The van der Waals surface area contributed by atoms with Gasteiger partial charge in [0.05, 0.1) is 6.61 Å². The number of piperidine rings is 1. The molecule has 0 N–H and O–H groups in total. The largest absolute Gasteiger partial charge is 0.494 e. The minimum Gasteiger partial charge on any atom is -0.494 e. The normalized spacial score (nSPS) is 20.5. The van der Waals surface area contributed by atoms with E-state index in [0.29, 0.717) is 24.4 Å². The summed E-state index contributed by atoms with van der Waals surface area (Å²) in [6, 6.07) is 7.55. The molecule has 4 rings (SSSR count). The van der Waals surface area contributed by atoms with Gasteiger partial charge in [-0.1, -0.05) is 6.92 Å². The van der Waals surface area contributed by atoms with Crippen LogP contribution < -0.4 is 9.64 Å². The molecule has 2 aromatic rings. The number of ether oxygens (including phenoxy) is 2. The molecule has 2 atom stereocenters. The Bertz CT molecular complexity index is 843. The SMILES string of the molecule is CC(CCOc1ccc(S(C)=O)cc1)C1CCN(c2noc(C3CCOCC3)n2)CC1. The van der Waals surface area contributed by atoms with Gasteiger partial charge in [-0.2, -0.15) is 4.98 Å². The van der Waals surface area contributed by atoms with Gasteiger partial charge in [0.15, 0.2) is 0 Å². The van der Waals surface area contributed by atoms with E-state index in [9.17, 15) is 4.21 Å². The molecule has 2 aliphatic heterocycles. The van der Waals surface area contributed by atoms with Gasteiger partial charge < -0.3 is 18.9 Å². The van der Waals surface area contributed by atoms with Gasteiger partial charge >= 0.3 is 0 Å². The average molecular weight is 448 g/mol. The number of nitrogens with zero attached hydrogens (tertiary/aromatic N) is 3. The Hall–Kier alpha value is -1.93. The van der Waals surface area contributed by atoms with E-state index in [4.69, 9.17) is 14.0 Å². The van der Waals surface area contributed by atoms with Crippen molar-refractivity contribution in [2.75, 3.05) is 44.1 Å². The van der Waals surface area contributed by atoms with Crippen LogP contribution in [0.15, 0.2) is 33.7 Å². The van der Waals surface area contributed by atoms with Gasteiger partial charge in [0, 0.05) is 54.2 Å². The predicted octanol–water partition coefficient (Wildman–Crippen LogP) is 4.02. The number of rotatable bonds is 8. The highest BCUT2D eigenvalue weighted by Gasteiger charge is 2.28. The molecular weight excluding hydrogens is 414 g/mol. The summed E-state index contributed by atoms with van der Waals surface area (Å²) in [7, 11) is -0.950. The monoisotopic (exact) mass is 447 g/mol. The summed E-state index contributed by atoms with van der Waals surface area (Å²) in [5.41, 5.74) is 0. The predicted molar refractivity (Wildman–Crippen MR) is 120 cm³/mol. The van der Waals surface area contributed by atoms with Gasteiger partial charge in [0.25, 0.3) is 5.95 Å². The molecule has 0 amide bonds. The highest BCUT2D eigenvalue weighted by molar-refractivity contribution is 7.84. The van der Waals surface area contributed by atoms with Crippen molar-refractivity contribution >= 4 is 16.7 Å². The standard InChI is InChI=1S/C23H33N3O4S/c1-17(9-16-29-20-3-5-21(6-4-20)31(2)27)18-7-12-26(13-8-18)23-24-22(30-25-23)19-10-14-28-15-11-19/h3-6,17-19H,7-16H2,1-2H3. The Morgan fingerprint density at radius 2 is 1.87 bits per heavy atom.